The van der Waals surface area contributed by atoms with Crippen molar-refractivity contribution in [1.29, 1.82) is 0 Å². The van der Waals surface area contributed by atoms with Crippen LogP contribution in [0.5, 0.6) is 0 Å². The van der Waals surface area contributed by atoms with Gasteiger partial charge >= 0.3 is 0 Å². The van der Waals surface area contributed by atoms with Gasteiger partial charge in [-0.1, -0.05) is 55.5 Å². The summed E-state index contributed by atoms with van der Waals surface area (Å²) in [7, 11) is 2.15. The van der Waals surface area contributed by atoms with E-state index >= 15 is 0 Å². The topological polar surface area (TPSA) is 29.0 Å². The third kappa shape index (κ3) is 4.18. The summed E-state index contributed by atoms with van der Waals surface area (Å²) in [6.07, 6.45) is 3.20. The number of hydrogen-bond donors (Lipinski definition) is 0. The standard InChI is InChI=1S/C21H25N3/c1-3-19-18-13-7-8-14-20(18)23-21(22-19)16-24(2)15-9-12-17-10-5-4-6-11-17/h4-8,10-11,13-14H,3,9,12,15-16H2,1-2H3. The van der Waals surface area contributed by atoms with Crippen LogP contribution in [0, 0.1) is 0 Å². The number of nitrogens with zero attached hydrogens (tertiary/aromatic N) is 3. The van der Waals surface area contributed by atoms with Crippen LogP contribution in [0.3, 0.4) is 0 Å². The van der Waals surface area contributed by atoms with Crippen LogP contribution >= 0.6 is 0 Å². The molecule has 3 heteroatoms. The molecule has 0 atom stereocenters. The molecule has 0 aliphatic heterocycles. The molecule has 0 saturated heterocycles. The molecule has 3 nitrogen and oxygen atoms in total. The summed E-state index contributed by atoms with van der Waals surface area (Å²) >= 11 is 0. The molecule has 3 rings (SSSR count). The molecule has 2 aromatic carbocycles. The second-order valence-corrected chi connectivity index (χ2v) is 6.28. The predicted molar refractivity (Wildman–Crippen MR) is 100 cm³/mol. The number of rotatable bonds is 7. The summed E-state index contributed by atoms with van der Waals surface area (Å²) in [5.41, 5.74) is 3.60. The molecule has 0 aliphatic carbocycles. The molecular formula is C21H25N3. The Labute approximate surface area is 144 Å². The van der Waals surface area contributed by atoms with E-state index in [9.17, 15) is 0 Å². The second kappa shape index (κ2) is 8.02. The van der Waals surface area contributed by atoms with Gasteiger partial charge in [0.1, 0.15) is 5.82 Å². The minimum Gasteiger partial charge on any atom is -0.299 e. The molecule has 0 spiro atoms. The van der Waals surface area contributed by atoms with E-state index in [1.807, 2.05) is 6.07 Å². The molecule has 0 saturated carbocycles. The molecule has 3 aromatic rings. The van der Waals surface area contributed by atoms with Crippen molar-refractivity contribution < 1.29 is 0 Å². The highest BCUT2D eigenvalue weighted by Gasteiger charge is 2.08. The van der Waals surface area contributed by atoms with Crippen LogP contribution in [0.25, 0.3) is 10.9 Å². The molecule has 1 heterocycles. The van der Waals surface area contributed by atoms with E-state index in [2.05, 4.69) is 67.4 Å². The van der Waals surface area contributed by atoms with E-state index in [4.69, 9.17) is 9.97 Å². The average Bonchev–Trinajstić information content (AvgIpc) is 2.62. The number of fused-ring (bicyclic) bond motifs is 1. The van der Waals surface area contributed by atoms with Crippen LogP contribution in [0.4, 0.5) is 0 Å². The monoisotopic (exact) mass is 319 g/mol. The van der Waals surface area contributed by atoms with Crippen molar-refractivity contribution in [3.8, 4) is 0 Å². The quantitative estimate of drug-likeness (QED) is 0.651. The largest absolute Gasteiger partial charge is 0.299 e. The van der Waals surface area contributed by atoms with E-state index in [0.717, 1.165) is 49.4 Å². The van der Waals surface area contributed by atoms with Gasteiger partial charge in [-0.2, -0.15) is 0 Å². The normalized spacial score (nSPS) is 11.3. The fraction of sp³-hybridized carbons (Fsp3) is 0.333. The lowest BCUT2D eigenvalue weighted by molar-refractivity contribution is 0.314. The number of para-hydroxylation sites is 1. The van der Waals surface area contributed by atoms with E-state index in [1.165, 1.54) is 10.9 Å². The number of hydrogen-bond acceptors (Lipinski definition) is 3. The van der Waals surface area contributed by atoms with E-state index in [0.29, 0.717) is 0 Å². The summed E-state index contributed by atoms with van der Waals surface area (Å²) in [6.45, 7) is 4.00. The molecule has 0 aliphatic rings. The number of aryl methyl sites for hydroxylation is 2. The van der Waals surface area contributed by atoms with E-state index in [1.54, 1.807) is 0 Å². The van der Waals surface area contributed by atoms with Crippen molar-refractivity contribution >= 4 is 10.9 Å². The second-order valence-electron chi connectivity index (χ2n) is 6.28. The minimum atomic E-state index is 0.798. The van der Waals surface area contributed by atoms with Gasteiger partial charge in [0.2, 0.25) is 0 Å². The molecule has 0 unspecified atom stereocenters. The van der Waals surface area contributed by atoms with Gasteiger partial charge in [-0.25, -0.2) is 9.97 Å². The summed E-state index contributed by atoms with van der Waals surface area (Å²) in [4.78, 5) is 11.8. The molecular weight excluding hydrogens is 294 g/mol. The third-order valence-corrected chi connectivity index (χ3v) is 4.32. The fourth-order valence-electron chi connectivity index (χ4n) is 3.05. The highest BCUT2D eigenvalue weighted by molar-refractivity contribution is 5.80. The Balaban J connectivity index is 1.61. The molecule has 124 valence electrons. The molecule has 0 radical (unpaired) electrons. The first-order chi connectivity index (χ1) is 11.8. The molecule has 0 amide bonds. The summed E-state index contributed by atoms with van der Waals surface area (Å²) in [5.74, 6) is 0.924. The van der Waals surface area contributed by atoms with Crippen LogP contribution in [0.2, 0.25) is 0 Å². The van der Waals surface area contributed by atoms with Crippen molar-refractivity contribution in [3.63, 3.8) is 0 Å². The number of aromatic nitrogens is 2. The first-order valence-electron chi connectivity index (χ1n) is 8.73. The van der Waals surface area contributed by atoms with Crippen molar-refractivity contribution in [3.05, 3.63) is 71.7 Å². The maximum atomic E-state index is 4.77. The van der Waals surface area contributed by atoms with E-state index < -0.39 is 0 Å². The minimum absolute atomic E-state index is 0.798. The first-order valence-corrected chi connectivity index (χ1v) is 8.73. The van der Waals surface area contributed by atoms with Crippen molar-refractivity contribution in [1.82, 2.24) is 14.9 Å². The Bertz CT molecular complexity index is 783. The highest BCUT2D eigenvalue weighted by Crippen LogP contribution is 2.16. The van der Waals surface area contributed by atoms with Gasteiger partial charge in [-0.15, -0.1) is 0 Å². The van der Waals surface area contributed by atoms with Crippen molar-refractivity contribution in [2.24, 2.45) is 0 Å². The number of benzene rings is 2. The smallest absolute Gasteiger partial charge is 0.143 e. The lowest BCUT2D eigenvalue weighted by Crippen LogP contribution is -2.21. The predicted octanol–water partition coefficient (Wildman–Crippen LogP) is 4.26. The molecule has 24 heavy (non-hydrogen) atoms. The average molecular weight is 319 g/mol. The van der Waals surface area contributed by atoms with Crippen LogP contribution in [-0.4, -0.2) is 28.5 Å². The summed E-state index contributed by atoms with van der Waals surface area (Å²) in [5, 5.41) is 1.18. The maximum Gasteiger partial charge on any atom is 0.143 e. The summed E-state index contributed by atoms with van der Waals surface area (Å²) in [6, 6.07) is 19.0. The van der Waals surface area contributed by atoms with Gasteiger partial charge in [0.15, 0.2) is 0 Å². The Morgan fingerprint density at radius 1 is 0.917 bits per heavy atom. The van der Waals surface area contributed by atoms with Crippen LogP contribution in [0.1, 0.15) is 30.4 Å². The molecule has 1 aromatic heterocycles. The lowest BCUT2D eigenvalue weighted by atomic mass is 10.1. The van der Waals surface area contributed by atoms with Crippen LogP contribution < -0.4 is 0 Å². The zero-order valence-corrected chi connectivity index (χ0v) is 14.6. The summed E-state index contributed by atoms with van der Waals surface area (Å²) < 4.78 is 0. The van der Waals surface area contributed by atoms with Gasteiger partial charge in [0.05, 0.1) is 17.8 Å². The van der Waals surface area contributed by atoms with Gasteiger partial charge < -0.3 is 0 Å². The first kappa shape index (κ1) is 16.6. The Kier molecular flexibility index (Phi) is 5.55. The van der Waals surface area contributed by atoms with Crippen molar-refractivity contribution in [2.75, 3.05) is 13.6 Å². The zero-order chi connectivity index (χ0) is 16.8. The Morgan fingerprint density at radius 3 is 2.46 bits per heavy atom. The Morgan fingerprint density at radius 2 is 1.67 bits per heavy atom. The third-order valence-electron chi connectivity index (χ3n) is 4.32. The van der Waals surface area contributed by atoms with E-state index in [-0.39, 0.29) is 0 Å². The maximum absolute atomic E-state index is 4.77. The van der Waals surface area contributed by atoms with Gasteiger partial charge in [-0.3, -0.25) is 4.90 Å². The Hall–Kier alpha value is -2.26. The van der Waals surface area contributed by atoms with Gasteiger partial charge in [0, 0.05) is 5.39 Å². The fourth-order valence-corrected chi connectivity index (χ4v) is 3.05. The lowest BCUT2D eigenvalue weighted by Gasteiger charge is -2.16. The highest BCUT2D eigenvalue weighted by atomic mass is 15.1. The van der Waals surface area contributed by atoms with Crippen LogP contribution in [-0.2, 0) is 19.4 Å². The van der Waals surface area contributed by atoms with Crippen LogP contribution in [0.15, 0.2) is 54.6 Å². The SMILES string of the molecule is CCc1nc(CN(C)CCCc2ccccc2)nc2ccccc12. The molecule has 0 fully saturated rings. The van der Waals surface area contributed by atoms with Gasteiger partial charge in [0.25, 0.3) is 0 Å². The molecule has 0 N–H and O–H groups in total. The van der Waals surface area contributed by atoms with Crippen molar-refractivity contribution in [2.45, 2.75) is 32.7 Å². The van der Waals surface area contributed by atoms with Gasteiger partial charge in [-0.05, 0) is 44.5 Å². The zero-order valence-electron chi connectivity index (χ0n) is 14.6. The molecule has 0 bridgehead atoms.